The van der Waals surface area contributed by atoms with E-state index in [-0.39, 0.29) is 5.82 Å². The number of rotatable bonds is 6. The summed E-state index contributed by atoms with van der Waals surface area (Å²) in [4.78, 5) is 0. The van der Waals surface area contributed by atoms with Gasteiger partial charge in [0.15, 0.2) is 0 Å². The highest BCUT2D eigenvalue weighted by molar-refractivity contribution is 5.33. The van der Waals surface area contributed by atoms with Crippen molar-refractivity contribution in [2.75, 3.05) is 0 Å². The summed E-state index contributed by atoms with van der Waals surface area (Å²) >= 11 is 0. The minimum absolute atomic E-state index is 0.291. The maximum absolute atomic E-state index is 13.2. The van der Waals surface area contributed by atoms with Crippen molar-refractivity contribution in [2.24, 2.45) is 0 Å². The van der Waals surface area contributed by atoms with E-state index in [4.69, 9.17) is 9.15 Å². The molecule has 1 saturated carbocycles. The summed E-state index contributed by atoms with van der Waals surface area (Å²) in [6.07, 6.45) is 4.18. The minimum atomic E-state index is -0.291. The second kappa shape index (κ2) is 5.67. The largest absolute Gasteiger partial charge is 0.485 e. The average molecular weight is 275 g/mol. The van der Waals surface area contributed by atoms with Crippen molar-refractivity contribution < 1.29 is 13.5 Å². The van der Waals surface area contributed by atoms with Crippen LogP contribution in [0, 0.1) is 12.7 Å². The van der Waals surface area contributed by atoms with E-state index in [9.17, 15) is 4.39 Å². The SMILES string of the molecule is Cc1ccc(F)cc1OCc1occc1CNC1CC1. The van der Waals surface area contributed by atoms with Crippen LogP contribution in [0.4, 0.5) is 4.39 Å². The molecular formula is C16H18FNO2. The Hall–Kier alpha value is -1.81. The summed E-state index contributed by atoms with van der Waals surface area (Å²) in [6.45, 7) is 3.01. The van der Waals surface area contributed by atoms with Gasteiger partial charge in [0.2, 0.25) is 0 Å². The van der Waals surface area contributed by atoms with Gasteiger partial charge >= 0.3 is 0 Å². The molecule has 0 unspecified atom stereocenters. The minimum Gasteiger partial charge on any atom is -0.485 e. The maximum Gasteiger partial charge on any atom is 0.146 e. The molecule has 0 saturated heterocycles. The standard InChI is InChI=1S/C16H18FNO2/c1-11-2-3-13(17)8-15(11)20-10-16-12(6-7-19-16)9-18-14-4-5-14/h2-3,6-8,14,18H,4-5,9-10H2,1H3. The maximum atomic E-state index is 13.2. The molecule has 0 spiro atoms. The van der Waals surface area contributed by atoms with E-state index >= 15 is 0 Å². The number of benzene rings is 1. The normalized spacial score (nSPS) is 14.5. The van der Waals surface area contributed by atoms with E-state index in [1.165, 1.54) is 25.0 Å². The van der Waals surface area contributed by atoms with Gasteiger partial charge in [0.25, 0.3) is 0 Å². The van der Waals surface area contributed by atoms with Crippen molar-refractivity contribution in [3.8, 4) is 5.75 Å². The van der Waals surface area contributed by atoms with Gasteiger partial charge in [-0.05, 0) is 37.5 Å². The molecule has 0 atom stereocenters. The molecule has 1 heterocycles. The van der Waals surface area contributed by atoms with E-state index in [1.54, 1.807) is 12.3 Å². The van der Waals surface area contributed by atoms with Gasteiger partial charge in [0.1, 0.15) is 23.9 Å². The molecule has 1 aromatic heterocycles. The summed E-state index contributed by atoms with van der Waals surface area (Å²) in [5.74, 6) is 1.06. The monoisotopic (exact) mass is 275 g/mol. The Morgan fingerprint density at radius 3 is 3.00 bits per heavy atom. The third-order valence-electron chi connectivity index (χ3n) is 3.51. The van der Waals surface area contributed by atoms with Gasteiger partial charge in [-0.25, -0.2) is 4.39 Å². The zero-order valence-corrected chi connectivity index (χ0v) is 11.5. The number of hydrogen-bond donors (Lipinski definition) is 1. The highest BCUT2D eigenvalue weighted by Crippen LogP contribution is 2.23. The highest BCUT2D eigenvalue weighted by atomic mass is 19.1. The fraction of sp³-hybridized carbons (Fsp3) is 0.375. The summed E-state index contributed by atoms with van der Waals surface area (Å²) < 4.78 is 24.3. The zero-order valence-electron chi connectivity index (χ0n) is 11.5. The molecule has 1 fully saturated rings. The van der Waals surface area contributed by atoms with E-state index in [2.05, 4.69) is 5.32 Å². The lowest BCUT2D eigenvalue weighted by atomic mass is 10.2. The molecule has 2 aromatic rings. The Balaban J connectivity index is 1.62. The topological polar surface area (TPSA) is 34.4 Å². The molecule has 1 N–H and O–H groups in total. The number of halogens is 1. The molecule has 0 amide bonds. The van der Waals surface area contributed by atoms with Gasteiger partial charge < -0.3 is 14.5 Å². The van der Waals surface area contributed by atoms with Crippen molar-refractivity contribution in [3.63, 3.8) is 0 Å². The predicted octanol–water partition coefficient (Wildman–Crippen LogP) is 3.56. The van der Waals surface area contributed by atoms with Gasteiger partial charge in [0.05, 0.1) is 6.26 Å². The Morgan fingerprint density at radius 1 is 1.35 bits per heavy atom. The summed E-state index contributed by atoms with van der Waals surface area (Å²) in [5, 5.41) is 3.44. The van der Waals surface area contributed by atoms with Crippen molar-refractivity contribution >= 4 is 0 Å². The number of nitrogens with one attached hydrogen (secondary N) is 1. The summed E-state index contributed by atoms with van der Waals surface area (Å²) in [5.41, 5.74) is 2.02. The molecule has 0 radical (unpaired) electrons. The average Bonchev–Trinajstić information content (AvgIpc) is 3.16. The molecule has 106 valence electrons. The van der Waals surface area contributed by atoms with Crippen LogP contribution >= 0.6 is 0 Å². The van der Waals surface area contributed by atoms with E-state index in [1.807, 2.05) is 13.0 Å². The fourth-order valence-corrected chi connectivity index (χ4v) is 2.07. The van der Waals surface area contributed by atoms with Gasteiger partial charge in [-0.3, -0.25) is 0 Å². The molecule has 1 aliphatic rings. The molecule has 0 bridgehead atoms. The van der Waals surface area contributed by atoms with Gasteiger partial charge in [0, 0.05) is 24.2 Å². The molecule has 0 aliphatic heterocycles. The van der Waals surface area contributed by atoms with Crippen LogP contribution in [0.1, 0.15) is 29.7 Å². The quantitative estimate of drug-likeness (QED) is 0.875. The zero-order chi connectivity index (χ0) is 13.9. The number of ether oxygens (including phenoxy) is 1. The Bertz CT molecular complexity index is 590. The molecule has 1 aromatic carbocycles. The van der Waals surface area contributed by atoms with Crippen molar-refractivity contribution in [3.05, 3.63) is 53.2 Å². The van der Waals surface area contributed by atoms with Crippen molar-refractivity contribution in [1.82, 2.24) is 5.32 Å². The van der Waals surface area contributed by atoms with E-state index < -0.39 is 0 Å². The Kier molecular flexibility index (Phi) is 3.74. The van der Waals surface area contributed by atoms with Crippen molar-refractivity contribution in [1.29, 1.82) is 0 Å². The molecular weight excluding hydrogens is 257 g/mol. The molecule has 20 heavy (non-hydrogen) atoms. The first-order valence-corrected chi connectivity index (χ1v) is 6.90. The molecule has 1 aliphatic carbocycles. The van der Waals surface area contributed by atoms with Crippen LogP contribution in [0.5, 0.6) is 5.75 Å². The van der Waals surface area contributed by atoms with Crippen LogP contribution in [-0.4, -0.2) is 6.04 Å². The Morgan fingerprint density at radius 2 is 2.20 bits per heavy atom. The van der Waals surface area contributed by atoms with Crippen LogP contribution < -0.4 is 10.1 Å². The van der Waals surface area contributed by atoms with E-state index in [0.29, 0.717) is 18.4 Å². The second-order valence-corrected chi connectivity index (χ2v) is 5.22. The van der Waals surface area contributed by atoms with Gasteiger partial charge in [-0.2, -0.15) is 0 Å². The van der Waals surface area contributed by atoms with Crippen LogP contribution in [0.3, 0.4) is 0 Å². The first-order valence-electron chi connectivity index (χ1n) is 6.90. The first kappa shape index (κ1) is 13.2. The lowest BCUT2D eigenvalue weighted by Gasteiger charge is -2.09. The molecule has 3 rings (SSSR count). The lowest BCUT2D eigenvalue weighted by Crippen LogP contribution is -2.16. The van der Waals surface area contributed by atoms with Crippen LogP contribution in [0.15, 0.2) is 34.9 Å². The molecule has 3 nitrogen and oxygen atoms in total. The van der Waals surface area contributed by atoms with Crippen LogP contribution in [-0.2, 0) is 13.2 Å². The van der Waals surface area contributed by atoms with Crippen LogP contribution in [0.25, 0.3) is 0 Å². The third kappa shape index (κ3) is 3.20. The molecule has 4 heteroatoms. The fourth-order valence-electron chi connectivity index (χ4n) is 2.07. The smallest absolute Gasteiger partial charge is 0.146 e. The lowest BCUT2D eigenvalue weighted by molar-refractivity contribution is 0.265. The Labute approximate surface area is 117 Å². The number of hydrogen-bond acceptors (Lipinski definition) is 3. The summed E-state index contributed by atoms with van der Waals surface area (Å²) in [7, 11) is 0. The van der Waals surface area contributed by atoms with Gasteiger partial charge in [-0.1, -0.05) is 6.07 Å². The highest BCUT2D eigenvalue weighted by Gasteiger charge is 2.21. The van der Waals surface area contributed by atoms with E-state index in [0.717, 1.165) is 23.4 Å². The second-order valence-electron chi connectivity index (χ2n) is 5.22. The van der Waals surface area contributed by atoms with Gasteiger partial charge in [-0.15, -0.1) is 0 Å². The first-order chi connectivity index (χ1) is 9.72. The number of aryl methyl sites for hydroxylation is 1. The predicted molar refractivity (Wildman–Crippen MR) is 74.0 cm³/mol. The third-order valence-corrected chi connectivity index (χ3v) is 3.51. The summed E-state index contributed by atoms with van der Waals surface area (Å²) in [6, 6.07) is 7.15. The van der Waals surface area contributed by atoms with Crippen molar-refractivity contribution in [2.45, 2.75) is 39.0 Å². The van der Waals surface area contributed by atoms with Crippen LogP contribution in [0.2, 0.25) is 0 Å². The number of furan rings is 1.